The van der Waals surface area contributed by atoms with Crippen LogP contribution in [-0.2, 0) is 6.54 Å². The van der Waals surface area contributed by atoms with Gasteiger partial charge in [0, 0.05) is 11.0 Å². The van der Waals surface area contributed by atoms with Crippen LogP contribution in [0.5, 0.6) is 11.5 Å². The first-order chi connectivity index (χ1) is 8.20. The Morgan fingerprint density at radius 3 is 2.59 bits per heavy atom. The molecule has 0 aliphatic rings. The first kappa shape index (κ1) is 12.4. The van der Waals surface area contributed by atoms with Gasteiger partial charge >= 0.3 is 0 Å². The third kappa shape index (κ3) is 3.00. The predicted molar refractivity (Wildman–Crippen MR) is 73.6 cm³/mol. The zero-order valence-corrected chi connectivity index (χ0v) is 11.3. The summed E-state index contributed by atoms with van der Waals surface area (Å²) in [7, 11) is 0. The molecule has 0 heterocycles. The predicted octanol–water partition coefficient (Wildman–Crippen LogP) is 4.35. The Bertz CT molecular complexity index is 531. The normalized spacial score (nSPS) is 10.3. The van der Waals surface area contributed by atoms with Crippen molar-refractivity contribution in [3.63, 3.8) is 0 Å². The number of para-hydroxylation sites is 1. The smallest absolute Gasteiger partial charge is 0.146 e. The maximum atomic E-state index is 6.02. The molecule has 88 valence electrons. The molecule has 0 aliphatic carbocycles. The van der Waals surface area contributed by atoms with Gasteiger partial charge in [-0.15, -0.1) is 0 Å². The third-order valence-electron chi connectivity index (χ3n) is 2.31. The van der Waals surface area contributed by atoms with Crippen LogP contribution in [0.15, 0.2) is 46.9 Å². The van der Waals surface area contributed by atoms with Gasteiger partial charge in [-0.25, -0.2) is 0 Å². The van der Waals surface area contributed by atoms with Crippen LogP contribution in [0.4, 0.5) is 0 Å². The Morgan fingerprint density at radius 1 is 1.18 bits per heavy atom. The molecule has 0 spiro atoms. The van der Waals surface area contributed by atoms with E-state index in [9.17, 15) is 0 Å². The minimum absolute atomic E-state index is 0.493. The van der Waals surface area contributed by atoms with Crippen molar-refractivity contribution in [1.29, 1.82) is 0 Å². The van der Waals surface area contributed by atoms with Crippen molar-refractivity contribution >= 4 is 27.5 Å². The lowest BCUT2D eigenvalue weighted by Crippen LogP contribution is -1.97. The van der Waals surface area contributed by atoms with Crippen molar-refractivity contribution in [3.8, 4) is 11.5 Å². The lowest BCUT2D eigenvalue weighted by molar-refractivity contribution is 0.482. The van der Waals surface area contributed by atoms with Crippen molar-refractivity contribution in [1.82, 2.24) is 0 Å². The van der Waals surface area contributed by atoms with Crippen LogP contribution in [0.25, 0.3) is 0 Å². The maximum Gasteiger partial charge on any atom is 0.146 e. The highest BCUT2D eigenvalue weighted by Crippen LogP contribution is 2.31. The Kier molecular flexibility index (Phi) is 4.05. The number of nitrogens with two attached hydrogens (primary N) is 1. The molecule has 2 N–H and O–H groups in total. The summed E-state index contributed by atoms with van der Waals surface area (Å²) in [6, 6.07) is 13.0. The fraction of sp³-hybridized carbons (Fsp3) is 0.0769. The van der Waals surface area contributed by atoms with Crippen LogP contribution in [0.3, 0.4) is 0 Å². The monoisotopic (exact) mass is 311 g/mol. The van der Waals surface area contributed by atoms with E-state index >= 15 is 0 Å². The zero-order valence-electron chi connectivity index (χ0n) is 8.99. The SMILES string of the molecule is NCc1ccc(Oc2ccccc2Cl)cc1Br. The molecule has 0 aliphatic heterocycles. The molecule has 0 atom stereocenters. The second-order valence-corrected chi connectivity index (χ2v) is 4.75. The van der Waals surface area contributed by atoms with Crippen molar-refractivity contribution in [2.75, 3.05) is 0 Å². The van der Waals surface area contributed by atoms with E-state index in [0.717, 1.165) is 15.8 Å². The molecule has 0 saturated heterocycles. The molecule has 2 rings (SSSR count). The molecular formula is C13H11BrClNO. The number of rotatable bonds is 3. The van der Waals surface area contributed by atoms with Gasteiger partial charge in [0.2, 0.25) is 0 Å². The largest absolute Gasteiger partial charge is 0.456 e. The van der Waals surface area contributed by atoms with Gasteiger partial charge in [-0.2, -0.15) is 0 Å². The van der Waals surface area contributed by atoms with Gasteiger partial charge in [0.25, 0.3) is 0 Å². The Hall–Kier alpha value is -1.03. The van der Waals surface area contributed by atoms with Gasteiger partial charge in [-0.1, -0.05) is 45.7 Å². The molecule has 0 saturated carbocycles. The topological polar surface area (TPSA) is 35.2 Å². The number of hydrogen-bond donors (Lipinski definition) is 1. The van der Waals surface area contributed by atoms with Gasteiger partial charge < -0.3 is 10.5 Å². The van der Waals surface area contributed by atoms with E-state index in [1.54, 1.807) is 6.07 Å². The van der Waals surface area contributed by atoms with Crippen molar-refractivity contribution < 1.29 is 4.74 Å². The minimum Gasteiger partial charge on any atom is -0.456 e. The summed E-state index contributed by atoms with van der Waals surface area (Å²) in [6.07, 6.45) is 0. The summed E-state index contributed by atoms with van der Waals surface area (Å²) >= 11 is 9.46. The Morgan fingerprint density at radius 2 is 1.94 bits per heavy atom. The summed E-state index contributed by atoms with van der Waals surface area (Å²) in [5.74, 6) is 1.36. The Balaban J connectivity index is 2.25. The zero-order chi connectivity index (χ0) is 12.3. The van der Waals surface area contributed by atoms with Crippen LogP contribution < -0.4 is 10.5 Å². The van der Waals surface area contributed by atoms with E-state index in [4.69, 9.17) is 22.1 Å². The quantitative estimate of drug-likeness (QED) is 0.914. The summed E-state index contributed by atoms with van der Waals surface area (Å²) < 4.78 is 6.62. The molecule has 2 aromatic rings. The van der Waals surface area contributed by atoms with E-state index < -0.39 is 0 Å². The van der Waals surface area contributed by atoms with Crippen LogP contribution in [0, 0.1) is 0 Å². The highest BCUT2D eigenvalue weighted by Gasteiger charge is 2.04. The van der Waals surface area contributed by atoms with Gasteiger partial charge in [-0.05, 0) is 29.8 Å². The minimum atomic E-state index is 0.493. The second-order valence-electron chi connectivity index (χ2n) is 3.49. The van der Waals surface area contributed by atoms with Gasteiger partial charge in [0.15, 0.2) is 0 Å². The first-order valence-corrected chi connectivity index (χ1v) is 6.28. The number of halogens is 2. The maximum absolute atomic E-state index is 6.02. The van der Waals surface area contributed by atoms with Crippen molar-refractivity contribution in [2.24, 2.45) is 5.73 Å². The fourth-order valence-corrected chi connectivity index (χ4v) is 2.11. The molecule has 0 amide bonds. The summed E-state index contributed by atoms with van der Waals surface area (Å²) in [6.45, 7) is 0.493. The summed E-state index contributed by atoms with van der Waals surface area (Å²) in [5, 5.41) is 0.589. The molecule has 2 aromatic carbocycles. The lowest BCUT2D eigenvalue weighted by atomic mass is 10.2. The van der Waals surface area contributed by atoms with Crippen LogP contribution in [0.1, 0.15) is 5.56 Å². The molecule has 17 heavy (non-hydrogen) atoms. The van der Waals surface area contributed by atoms with E-state index in [2.05, 4.69) is 15.9 Å². The van der Waals surface area contributed by atoms with Gasteiger partial charge in [0.05, 0.1) is 5.02 Å². The van der Waals surface area contributed by atoms with E-state index in [1.807, 2.05) is 36.4 Å². The number of ether oxygens (including phenoxy) is 1. The fourth-order valence-electron chi connectivity index (χ4n) is 1.41. The molecule has 0 aromatic heterocycles. The van der Waals surface area contributed by atoms with Gasteiger partial charge in [-0.3, -0.25) is 0 Å². The molecule has 0 bridgehead atoms. The van der Waals surface area contributed by atoms with E-state index in [1.165, 1.54) is 0 Å². The standard InChI is InChI=1S/C13H11BrClNO/c14-11-7-10(6-5-9(11)8-16)17-13-4-2-1-3-12(13)15/h1-7H,8,16H2. The highest BCUT2D eigenvalue weighted by atomic mass is 79.9. The molecule has 0 radical (unpaired) electrons. The van der Waals surface area contributed by atoms with Crippen molar-refractivity contribution in [3.05, 3.63) is 57.5 Å². The average Bonchev–Trinajstić information content (AvgIpc) is 2.32. The van der Waals surface area contributed by atoms with Gasteiger partial charge in [0.1, 0.15) is 11.5 Å². The Labute approximate surface area is 113 Å². The van der Waals surface area contributed by atoms with Crippen LogP contribution in [-0.4, -0.2) is 0 Å². The highest BCUT2D eigenvalue weighted by molar-refractivity contribution is 9.10. The third-order valence-corrected chi connectivity index (χ3v) is 3.36. The second kappa shape index (κ2) is 5.54. The average molecular weight is 313 g/mol. The first-order valence-electron chi connectivity index (χ1n) is 5.11. The molecule has 2 nitrogen and oxygen atoms in total. The summed E-state index contributed by atoms with van der Waals surface area (Å²) in [4.78, 5) is 0. The molecule has 0 unspecified atom stereocenters. The van der Waals surface area contributed by atoms with E-state index in [0.29, 0.717) is 17.3 Å². The molecular weight excluding hydrogens is 302 g/mol. The van der Waals surface area contributed by atoms with Crippen molar-refractivity contribution in [2.45, 2.75) is 6.54 Å². The van der Waals surface area contributed by atoms with E-state index in [-0.39, 0.29) is 0 Å². The van der Waals surface area contributed by atoms with Crippen LogP contribution in [0.2, 0.25) is 5.02 Å². The number of hydrogen-bond acceptors (Lipinski definition) is 2. The molecule has 4 heteroatoms. The van der Waals surface area contributed by atoms with Crippen LogP contribution >= 0.6 is 27.5 Å². The molecule has 0 fully saturated rings. The summed E-state index contributed by atoms with van der Waals surface area (Å²) in [5.41, 5.74) is 6.62. The number of benzene rings is 2. The lowest BCUT2D eigenvalue weighted by Gasteiger charge is -2.09.